The number of hydrogen-bond acceptors (Lipinski definition) is 3. The molecule has 5 heteroatoms. The summed E-state index contributed by atoms with van der Waals surface area (Å²) in [5.41, 5.74) is 6.09. The molecule has 0 aromatic rings. The average molecular weight is 286 g/mol. The van der Waals surface area contributed by atoms with Gasteiger partial charge < -0.3 is 16.2 Å². The van der Waals surface area contributed by atoms with Gasteiger partial charge in [-0.05, 0) is 24.7 Å². The highest BCUT2D eigenvalue weighted by Gasteiger charge is 2.17. The molecule has 0 rings (SSSR count). The first kappa shape index (κ1) is 18.9. The molecule has 0 aliphatic heterocycles. The SMILES string of the molecule is CC(C)(C)CC(N)CC(=O)NCCCCCCC(=O)O. The van der Waals surface area contributed by atoms with Crippen molar-refractivity contribution in [1.29, 1.82) is 0 Å². The van der Waals surface area contributed by atoms with Gasteiger partial charge in [-0.1, -0.05) is 33.6 Å². The van der Waals surface area contributed by atoms with Crippen LogP contribution in [-0.4, -0.2) is 29.6 Å². The molecule has 0 aliphatic carbocycles. The number of rotatable bonds is 10. The van der Waals surface area contributed by atoms with Crippen molar-refractivity contribution in [1.82, 2.24) is 5.32 Å². The second-order valence-corrected chi connectivity index (χ2v) is 6.64. The van der Waals surface area contributed by atoms with E-state index in [2.05, 4.69) is 26.1 Å². The minimum absolute atomic E-state index is 0.00675. The third-order valence-electron chi connectivity index (χ3n) is 2.96. The predicted molar refractivity (Wildman–Crippen MR) is 80.4 cm³/mol. The maximum atomic E-state index is 11.6. The third-order valence-corrected chi connectivity index (χ3v) is 2.96. The molecule has 0 aromatic heterocycles. The molecule has 0 heterocycles. The van der Waals surface area contributed by atoms with E-state index < -0.39 is 5.97 Å². The van der Waals surface area contributed by atoms with Crippen molar-refractivity contribution in [3.8, 4) is 0 Å². The Morgan fingerprint density at radius 2 is 1.75 bits per heavy atom. The highest BCUT2D eigenvalue weighted by Crippen LogP contribution is 2.20. The van der Waals surface area contributed by atoms with Gasteiger partial charge in [0.15, 0.2) is 0 Å². The smallest absolute Gasteiger partial charge is 0.303 e. The van der Waals surface area contributed by atoms with E-state index in [1.807, 2.05) is 0 Å². The summed E-state index contributed by atoms with van der Waals surface area (Å²) in [4.78, 5) is 22.0. The lowest BCUT2D eigenvalue weighted by atomic mass is 9.87. The minimum atomic E-state index is -0.744. The Hall–Kier alpha value is -1.10. The summed E-state index contributed by atoms with van der Waals surface area (Å²) in [6.07, 6.45) is 4.87. The minimum Gasteiger partial charge on any atom is -0.481 e. The van der Waals surface area contributed by atoms with Crippen molar-refractivity contribution in [2.45, 2.75) is 71.8 Å². The van der Waals surface area contributed by atoms with E-state index in [0.29, 0.717) is 19.4 Å². The van der Waals surface area contributed by atoms with Crippen LogP contribution in [0.15, 0.2) is 0 Å². The van der Waals surface area contributed by atoms with Crippen molar-refractivity contribution in [2.75, 3.05) is 6.54 Å². The first-order valence-corrected chi connectivity index (χ1v) is 7.45. The first-order chi connectivity index (χ1) is 9.20. The number of hydrogen-bond donors (Lipinski definition) is 3. The molecule has 20 heavy (non-hydrogen) atoms. The topological polar surface area (TPSA) is 92.4 Å². The Kier molecular flexibility index (Phi) is 9.21. The molecule has 0 spiro atoms. The molecular formula is C15H30N2O3. The Morgan fingerprint density at radius 3 is 2.30 bits per heavy atom. The summed E-state index contributed by atoms with van der Waals surface area (Å²) in [7, 11) is 0. The van der Waals surface area contributed by atoms with E-state index in [0.717, 1.165) is 25.7 Å². The normalized spacial score (nSPS) is 13.0. The van der Waals surface area contributed by atoms with Gasteiger partial charge in [0.05, 0.1) is 0 Å². The molecule has 0 saturated heterocycles. The van der Waals surface area contributed by atoms with Crippen LogP contribution in [0.25, 0.3) is 0 Å². The van der Waals surface area contributed by atoms with Crippen LogP contribution in [-0.2, 0) is 9.59 Å². The number of unbranched alkanes of at least 4 members (excludes halogenated alkanes) is 3. The van der Waals surface area contributed by atoms with Gasteiger partial charge >= 0.3 is 5.97 Å². The molecule has 5 nitrogen and oxygen atoms in total. The zero-order valence-electron chi connectivity index (χ0n) is 13.1. The summed E-state index contributed by atoms with van der Waals surface area (Å²) in [5.74, 6) is -0.738. The van der Waals surface area contributed by atoms with Crippen LogP contribution >= 0.6 is 0 Å². The fourth-order valence-electron chi connectivity index (χ4n) is 2.15. The molecule has 1 unspecified atom stereocenters. The van der Waals surface area contributed by atoms with Gasteiger partial charge in [-0.25, -0.2) is 0 Å². The molecule has 0 aliphatic rings. The fourth-order valence-corrected chi connectivity index (χ4v) is 2.15. The number of carbonyl (C=O) groups is 2. The summed E-state index contributed by atoms with van der Waals surface area (Å²) in [6.45, 7) is 6.99. The van der Waals surface area contributed by atoms with Crippen LogP contribution in [0.2, 0.25) is 0 Å². The number of amides is 1. The van der Waals surface area contributed by atoms with Crippen LogP contribution in [0, 0.1) is 5.41 Å². The lowest BCUT2D eigenvalue weighted by Crippen LogP contribution is -2.34. The quantitative estimate of drug-likeness (QED) is 0.537. The number of carboxylic acids is 1. The molecule has 118 valence electrons. The van der Waals surface area contributed by atoms with Gasteiger partial charge in [-0.2, -0.15) is 0 Å². The Labute approximate surface area is 122 Å². The van der Waals surface area contributed by atoms with Crippen LogP contribution in [0.3, 0.4) is 0 Å². The van der Waals surface area contributed by atoms with E-state index in [1.165, 1.54) is 0 Å². The molecule has 0 aromatic carbocycles. The molecule has 4 N–H and O–H groups in total. The molecule has 0 fully saturated rings. The zero-order chi connectivity index (χ0) is 15.6. The molecule has 0 bridgehead atoms. The standard InChI is InChI=1S/C15H30N2O3/c1-15(2,3)11-12(16)10-13(18)17-9-7-5-4-6-8-14(19)20/h12H,4-11,16H2,1-3H3,(H,17,18)(H,19,20). The maximum absolute atomic E-state index is 11.6. The van der Waals surface area contributed by atoms with Gasteiger partial charge in [-0.15, -0.1) is 0 Å². The Balaban J connectivity index is 3.52. The van der Waals surface area contributed by atoms with Gasteiger partial charge in [0.2, 0.25) is 5.91 Å². The molecule has 0 saturated carbocycles. The van der Waals surface area contributed by atoms with E-state index in [4.69, 9.17) is 10.8 Å². The molecular weight excluding hydrogens is 256 g/mol. The molecule has 0 radical (unpaired) electrons. The van der Waals surface area contributed by atoms with E-state index in [-0.39, 0.29) is 23.8 Å². The van der Waals surface area contributed by atoms with Gasteiger partial charge in [0.1, 0.15) is 0 Å². The Bertz CT molecular complexity index is 298. The highest BCUT2D eigenvalue weighted by molar-refractivity contribution is 5.76. The van der Waals surface area contributed by atoms with Gasteiger partial charge in [0, 0.05) is 25.4 Å². The maximum Gasteiger partial charge on any atom is 0.303 e. The van der Waals surface area contributed by atoms with Crippen LogP contribution in [0.1, 0.15) is 65.7 Å². The number of carbonyl (C=O) groups excluding carboxylic acids is 1. The number of carboxylic acid groups (broad SMARTS) is 1. The van der Waals surface area contributed by atoms with Crippen molar-refractivity contribution in [3.63, 3.8) is 0 Å². The number of nitrogens with two attached hydrogens (primary N) is 1. The van der Waals surface area contributed by atoms with Gasteiger partial charge in [-0.3, -0.25) is 9.59 Å². The van der Waals surface area contributed by atoms with E-state index >= 15 is 0 Å². The van der Waals surface area contributed by atoms with Crippen LogP contribution < -0.4 is 11.1 Å². The summed E-state index contributed by atoms with van der Waals surface area (Å²) >= 11 is 0. The predicted octanol–water partition coefficient (Wildman–Crippen LogP) is 2.29. The summed E-state index contributed by atoms with van der Waals surface area (Å²) < 4.78 is 0. The third kappa shape index (κ3) is 13.3. The van der Waals surface area contributed by atoms with Crippen LogP contribution in [0.5, 0.6) is 0 Å². The lowest BCUT2D eigenvalue weighted by molar-refractivity contribution is -0.137. The van der Waals surface area contributed by atoms with E-state index in [9.17, 15) is 9.59 Å². The average Bonchev–Trinajstić information content (AvgIpc) is 2.24. The zero-order valence-corrected chi connectivity index (χ0v) is 13.1. The largest absolute Gasteiger partial charge is 0.481 e. The van der Waals surface area contributed by atoms with Crippen molar-refractivity contribution in [3.05, 3.63) is 0 Å². The molecule has 1 atom stereocenters. The first-order valence-electron chi connectivity index (χ1n) is 7.45. The second kappa shape index (κ2) is 9.75. The second-order valence-electron chi connectivity index (χ2n) is 6.64. The number of nitrogens with one attached hydrogen (secondary N) is 1. The van der Waals surface area contributed by atoms with Crippen molar-refractivity contribution >= 4 is 11.9 Å². The van der Waals surface area contributed by atoms with Gasteiger partial charge in [0.25, 0.3) is 0 Å². The Morgan fingerprint density at radius 1 is 1.15 bits per heavy atom. The van der Waals surface area contributed by atoms with Crippen molar-refractivity contribution < 1.29 is 14.7 Å². The monoisotopic (exact) mass is 286 g/mol. The van der Waals surface area contributed by atoms with E-state index in [1.54, 1.807) is 0 Å². The lowest BCUT2D eigenvalue weighted by Gasteiger charge is -2.22. The summed E-state index contributed by atoms with van der Waals surface area (Å²) in [6, 6.07) is -0.0921. The number of aliphatic carboxylic acids is 1. The fraction of sp³-hybridized carbons (Fsp3) is 0.867. The van der Waals surface area contributed by atoms with Crippen molar-refractivity contribution in [2.24, 2.45) is 11.1 Å². The molecule has 1 amide bonds. The summed E-state index contributed by atoms with van der Waals surface area (Å²) in [5, 5.41) is 11.3. The highest BCUT2D eigenvalue weighted by atomic mass is 16.4. The van der Waals surface area contributed by atoms with Crippen LogP contribution in [0.4, 0.5) is 0 Å².